The quantitative estimate of drug-likeness (QED) is 0.813. The SMILES string of the molecule is Cc1ccc(S(=O)(=O)CC(=O)Nc2ccccc2C(=O)NC(C)C)cc1. The van der Waals surface area contributed by atoms with Crippen LogP contribution in [-0.2, 0) is 14.6 Å². The molecule has 138 valence electrons. The van der Waals surface area contributed by atoms with Gasteiger partial charge in [0.1, 0.15) is 5.75 Å². The van der Waals surface area contributed by atoms with Crippen molar-refractivity contribution in [2.75, 3.05) is 11.1 Å². The molecule has 0 bridgehead atoms. The van der Waals surface area contributed by atoms with E-state index in [2.05, 4.69) is 10.6 Å². The summed E-state index contributed by atoms with van der Waals surface area (Å²) >= 11 is 0. The van der Waals surface area contributed by atoms with Gasteiger partial charge in [-0.2, -0.15) is 0 Å². The molecular weight excluding hydrogens is 352 g/mol. The van der Waals surface area contributed by atoms with Gasteiger partial charge in [0, 0.05) is 6.04 Å². The van der Waals surface area contributed by atoms with Crippen LogP contribution in [-0.4, -0.2) is 32.0 Å². The molecule has 0 unspecified atom stereocenters. The topological polar surface area (TPSA) is 92.3 Å². The number of hydrogen-bond acceptors (Lipinski definition) is 4. The molecule has 2 N–H and O–H groups in total. The molecule has 0 saturated carbocycles. The fourth-order valence-electron chi connectivity index (χ4n) is 2.32. The zero-order valence-electron chi connectivity index (χ0n) is 14.9. The molecule has 0 saturated heterocycles. The monoisotopic (exact) mass is 374 g/mol. The molecule has 2 amide bonds. The lowest BCUT2D eigenvalue weighted by atomic mass is 10.1. The number of carbonyl (C=O) groups excluding carboxylic acids is 2. The van der Waals surface area contributed by atoms with E-state index in [0.29, 0.717) is 0 Å². The Labute approximate surface area is 153 Å². The van der Waals surface area contributed by atoms with Crippen molar-refractivity contribution in [1.29, 1.82) is 0 Å². The smallest absolute Gasteiger partial charge is 0.253 e. The largest absolute Gasteiger partial charge is 0.350 e. The predicted molar refractivity (Wildman–Crippen MR) is 101 cm³/mol. The number of sulfone groups is 1. The highest BCUT2D eigenvalue weighted by atomic mass is 32.2. The molecule has 0 radical (unpaired) electrons. The highest BCUT2D eigenvalue weighted by molar-refractivity contribution is 7.92. The molecule has 0 aromatic heterocycles. The molecule has 26 heavy (non-hydrogen) atoms. The van der Waals surface area contributed by atoms with Gasteiger partial charge < -0.3 is 10.6 Å². The molecule has 0 atom stereocenters. The van der Waals surface area contributed by atoms with E-state index in [0.717, 1.165) is 5.56 Å². The van der Waals surface area contributed by atoms with Gasteiger partial charge in [0.15, 0.2) is 9.84 Å². The second-order valence-electron chi connectivity index (χ2n) is 6.29. The lowest BCUT2D eigenvalue weighted by molar-refractivity contribution is -0.113. The summed E-state index contributed by atoms with van der Waals surface area (Å²) in [6.45, 7) is 5.50. The first-order valence-electron chi connectivity index (χ1n) is 8.18. The average Bonchev–Trinajstić information content (AvgIpc) is 2.54. The van der Waals surface area contributed by atoms with Crippen LogP contribution in [0.15, 0.2) is 53.4 Å². The van der Waals surface area contributed by atoms with Crippen molar-refractivity contribution in [3.8, 4) is 0 Å². The zero-order chi connectivity index (χ0) is 19.3. The van der Waals surface area contributed by atoms with Gasteiger partial charge >= 0.3 is 0 Å². The number of para-hydroxylation sites is 1. The van der Waals surface area contributed by atoms with Crippen LogP contribution in [0.5, 0.6) is 0 Å². The number of amides is 2. The van der Waals surface area contributed by atoms with Gasteiger partial charge in [-0.05, 0) is 45.0 Å². The molecule has 0 fully saturated rings. The Kier molecular flexibility index (Phi) is 6.15. The van der Waals surface area contributed by atoms with Crippen molar-refractivity contribution in [3.05, 3.63) is 59.7 Å². The van der Waals surface area contributed by atoms with Crippen LogP contribution in [0.3, 0.4) is 0 Å². The summed E-state index contributed by atoms with van der Waals surface area (Å²) in [7, 11) is -3.76. The number of anilines is 1. The van der Waals surface area contributed by atoms with Crippen molar-refractivity contribution < 1.29 is 18.0 Å². The third-order valence-electron chi connectivity index (χ3n) is 3.57. The number of carbonyl (C=O) groups is 2. The first-order valence-corrected chi connectivity index (χ1v) is 9.83. The number of aryl methyl sites for hydroxylation is 1. The summed E-state index contributed by atoms with van der Waals surface area (Å²) in [5.41, 5.74) is 1.48. The van der Waals surface area contributed by atoms with E-state index in [1.54, 1.807) is 36.4 Å². The van der Waals surface area contributed by atoms with E-state index in [9.17, 15) is 18.0 Å². The Morgan fingerprint density at radius 1 is 1.00 bits per heavy atom. The van der Waals surface area contributed by atoms with Gasteiger partial charge in [-0.3, -0.25) is 9.59 Å². The normalized spacial score (nSPS) is 11.2. The lowest BCUT2D eigenvalue weighted by Crippen LogP contribution is -2.31. The van der Waals surface area contributed by atoms with Gasteiger partial charge in [0.25, 0.3) is 5.91 Å². The minimum atomic E-state index is -3.76. The highest BCUT2D eigenvalue weighted by Gasteiger charge is 2.21. The van der Waals surface area contributed by atoms with E-state index in [1.165, 1.54) is 12.1 Å². The first-order chi connectivity index (χ1) is 12.2. The first kappa shape index (κ1) is 19.7. The zero-order valence-corrected chi connectivity index (χ0v) is 15.8. The van der Waals surface area contributed by atoms with Crippen molar-refractivity contribution in [2.24, 2.45) is 0 Å². The Bertz CT molecular complexity index is 903. The number of hydrogen-bond donors (Lipinski definition) is 2. The minimum absolute atomic E-state index is 0.0619. The Morgan fingerprint density at radius 3 is 2.23 bits per heavy atom. The summed E-state index contributed by atoms with van der Waals surface area (Å²) < 4.78 is 24.7. The molecule has 6 nitrogen and oxygen atoms in total. The maximum atomic E-state index is 12.4. The Hall–Kier alpha value is -2.67. The lowest BCUT2D eigenvalue weighted by Gasteiger charge is -2.13. The number of benzene rings is 2. The van der Waals surface area contributed by atoms with Crippen molar-refractivity contribution >= 4 is 27.3 Å². The summed E-state index contributed by atoms with van der Waals surface area (Å²) in [5.74, 6) is -1.73. The molecular formula is C19H22N2O4S. The summed E-state index contributed by atoms with van der Waals surface area (Å²) in [6, 6.07) is 12.7. The molecule has 7 heteroatoms. The molecule has 2 aromatic carbocycles. The number of rotatable bonds is 6. The predicted octanol–water partition coefficient (Wildman–Crippen LogP) is 2.55. The second kappa shape index (κ2) is 8.14. The maximum absolute atomic E-state index is 12.4. The third-order valence-corrected chi connectivity index (χ3v) is 5.20. The van der Waals surface area contributed by atoms with Gasteiger partial charge in [-0.1, -0.05) is 29.8 Å². The fourth-order valence-corrected chi connectivity index (χ4v) is 3.45. The summed E-state index contributed by atoms with van der Waals surface area (Å²) in [4.78, 5) is 24.5. The van der Waals surface area contributed by atoms with Crippen LogP contribution in [0.1, 0.15) is 29.8 Å². The van der Waals surface area contributed by atoms with E-state index in [1.807, 2.05) is 20.8 Å². The molecule has 0 heterocycles. The fraction of sp³-hybridized carbons (Fsp3) is 0.263. The van der Waals surface area contributed by atoms with Gasteiger partial charge in [-0.15, -0.1) is 0 Å². The molecule has 0 spiro atoms. The van der Waals surface area contributed by atoms with Crippen LogP contribution < -0.4 is 10.6 Å². The summed E-state index contributed by atoms with van der Waals surface area (Å²) in [6.07, 6.45) is 0. The van der Waals surface area contributed by atoms with Gasteiger partial charge in [0.05, 0.1) is 16.1 Å². The van der Waals surface area contributed by atoms with Crippen LogP contribution in [0.25, 0.3) is 0 Å². The van der Waals surface area contributed by atoms with E-state index in [4.69, 9.17) is 0 Å². The average molecular weight is 374 g/mol. The van der Waals surface area contributed by atoms with Gasteiger partial charge in [-0.25, -0.2) is 8.42 Å². The maximum Gasteiger partial charge on any atom is 0.253 e. The molecule has 2 aromatic rings. The van der Waals surface area contributed by atoms with Crippen molar-refractivity contribution in [2.45, 2.75) is 31.7 Å². The molecule has 2 rings (SSSR count). The molecule has 0 aliphatic rings. The third kappa shape index (κ3) is 5.16. The number of nitrogens with one attached hydrogen (secondary N) is 2. The van der Waals surface area contributed by atoms with E-state index in [-0.39, 0.29) is 28.1 Å². The van der Waals surface area contributed by atoms with Crippen molar-refractivity contribution in [3.63, 3.8) is 0 Å². The van der Waals surface area contributed by atoms with Crippen LogP contribution in [0.4, 0.5) is 5.69 Å². The second-order valence-corrected chi connectivity index (χ2v) is 8.28. The minimum Gasteiger partial charge on any atom is -0.350 e. The van der Waals surface area contributed by atoms with Crippen LogP contribution >= 0.6 is 0 Å². The van der Waals surface area contributed by atoms with Crippen LogP contribution in [0, 0.1) is 6.92 Å². The highest BCUT2D eigenvalue weighted by Crippen LogP contribution is 2.17. The van der Waals surface area contributed by atoms with E-state index >= 15 is 0 Å². The van der Waals surface area contributed by atoms with Gasteiger partial charge in [0.2, 0.25) is 5.91 Å². The Balaban J connectivity index is 2.15. The summed E-state index contributed by atoms with van der Waals surface area (Å²) in [5, 5.41) is 5.27. The molecule has 0 aliphatic heterocycles. The molecule has 0 aliphatic carbocycles. The van der Waals surface area contributed by atoms with Crippen LogP contribution in [0.2, 0.25) is 0 Å². The van der Waals surface area contributed by atoms with Crippen molar-refractivity contribution in [1.82, 2.24) is 5.32 Å². The Morgan fingerprint density at radius 2 is 1.62 bits per heavy atom. The van der Waals surface area contributed by atoms with E-state index < -0.39 is 21.5 Å². The standard InChI is InChI=1S/C19H22N2O4S/c1-13(2)20-19(23)16-6-4-5-7-17(16)21-18(22)12-26(24,25)15-10-8-14(3)9-11-15/h4-11,13H,12H2,1-3H3,(H,20,23)(H,21,22).